The molecule has 2 nitrogen and oxygen atoms in total. The van der Waals surface area contributed by atoms with E-state index in [0.717, 1.165) is 24.7 Å². The van der Waals surface area contributed by atoms with Crippen molar-refractivity contribution >= 4 is 0 Å². The summed E-state index contributed by atoms with van der Waals surface area (Å²) in [5.74, 6) is 1.58. The summed E-state index contributed by atoms with van der Waals surface area (Å²) in [6, 6.07) is 0. The van der Waals surface area contributed by atoms with Crippen molar-refractivity contribution in [1.82, 2.24) is 0 Å². The van der Waals surface area contributed by atoms with Crippen LogP contribution in [0.2, 0.25) is 0 Å². The van der Waals surface area contributed by atoms with Crippen molar-refractivity contribution in [2.24, 2.45) is 11.8 Å². The molecule has 1 saturated carbocycles. The van der Waals surface area contributed by atoms with Gasteiger partial charge in [-0.25, -0.2) is 0 Å². The lowest BCUT2D eigenvalue weighted by Gasteiger charge is -2.40. The Morgan fingerprint density at radius 3 is 2.43 bits per heavy atom. The molecule has 1 N–H and O–H groups in total. The molecule has 2 fully saturated rings. The molecule has 14 heavy (non-hydrogen) atoms. The predicted molar refractivity (Wildman–Crippen MR) is 56.1 cm³/mol. The fraction of sp³-hybridized carbons (Fsp3) is 1.00. The Kier molecular flexibility index (Phi) is 2.85. The van der Waals surface area contributed by atoms with Crippen LogP contribution in [0.1, 0.15) is 46.0 Å². The zero-order chi connectivity index (χ0) is 10.2. The van der Waals surface area contributed by atoms with Gasteiger partial charge in [-0.15, -0.1) is 0 Å². The summed E-state index contributed by atoms with van der Waals surface area (Å²) < 4.78 is 6.03. The van der Waals surface area contributed by atoms with E-state index >= 15 is 0 Å². The smallest absolute Gasteiger partial charge is 0.0814 e. The minimum absolute atomic E-state index is 0.118. The average molecular weight is 198 g/mol. The highest BCUT2D eigenvalue weighted by atomic mass is 16.5. The van der Waals surface area contributed by atoms with Crippen molar-refractivity contribution in [3.63, 3.8) is 0 Å². The normalized spacial score (nSPS) is 48.6. The zero-order valence-corrected chi connectivity index (χ0v) is 9.33. The Hall–Kier alpha value is -0.0800. The van der Waals surface area contributed by atoms with Gasteiger partial charge in [0.25, 0.3) is 0 Å². The predicted octanol–water partition coefficient (Wildman–Crippen LogP) is 2.35. The summed E-state index contributed by atoms with van der Waals surface area (Å²) in [4.78, 5) is 0. The number of aliphatic hydroxyl groups is 1. The third-order valence-corrected chi connectivity index (χ3v) is 3.79. The van der Waals surface area contributed by atoms with Gasteiger partial charge in [0.15, 0.2) is 0 Å². The first-order valence-corrected chi connectivity index (χ1v) is 5.92. The Labute approximate surface area is 86.6 Å². The second-order valence-corrected chi connectivity index (χ2v) is 5.50. The van der Waals surface area contributed by atoms with E-state index in [-0.39, 0.29) is 18.3 Å². The van der Waals surface area contributed by atoms with Crippen LogP contribution in [0.4, 0.5) is 0 Å². The summed E-state index contributed by atoms with van der Waals surface area (Å²) in [7, 11) is 0. The molecule has 1 spiro atoms. The van der Waals surface area contributed by atoms with Gasteiger partial charge >= 0.3 is 0 Å². The molecule has 0 aromatic heterocycles. The number of hydrogen-bond donors (Lipinski definition) is 1. The van der Waals surface area contributed by atoms with E-state index in [4.69, 9.17) is 9.84 Å². The summed E-state index contributed by atoms with van der Waals surface area (Å²) >= 11 is 0. The Morgan fingerprint density at radius 2 is 1.93 bits per heavy atom. The molecule has 1 aliphatic heterocycles. The zero-order valence-electron chi connectivity index (χ0n) is 9.33. The topological polar surface area (TPSA) is 29.5 Å². The molecule has 0 bridgehead atoms. The monoisotopic (exact) mass is 198 g/mol. The molecule has 1 saturated heterocycles. The molecule has 0 amide bonds. The van der Waals surface area contributed by atoms with Crippen molar-refractivity contribution < 1.29 is 9.84 Å². The van der Waals surface area contributed by atoms with Gasteiger partial charge in [-0.05, 0) is 43.9 Å². The minimum atomic E-state index is 0.118. The summed E-state index contributed by atoms with van der Waals surface area (Å²) in [5.41, 5.74) is 0.129. The minimum Gasteiger partial charge on any atom is -0.394 e. The van der Waals surface area contributed by atoms with E-state index in [1.54, 1.807) is 0 Å². The largest absolute Gasteiger partial charge is 0.394 e. The van der Waals surface area contributed by atoms with Gasteiger partial charge in [0.1, 0.15) is 0 Å². The van der Waals surface area contributed by atoms with Gasteiger partial charge < -0.3 is 9.84 Å². The molecule has 0 radical (unpaired) electrons. The number of aliphatic hydroxyl groups excluding tert-OH is 1. The van der Waals surface area contributed by atoms with E-state index in [2.05, 4.69) is 13.8 Å². The van der Waals surface area contributed by atoms with Crippen molar-refractivity contribution in [2.75, 3.05) is 6.61 Å². The van der Waals surface area contributed by atoms with Crippen LogP contribution in [-0.2, 0) is 4.74 Å². The van der Waals surface area contributed by atoms with E-state index < -0.39 is 0 Å². The number of hydrogen-bond acceptors (Lipinski definition) is 2. The quantitative estimate of drug-likeness (QED) is 0.701. The summed E-state index contributed by atoms with van der Waals surface area (Å²) in [5, 5.41) is 9.09. The molecule has 0 aromatic rings. The lowest BCUT2D eigenvalue weighted by molar-refractivity contribution is -0.0970. The molecule has 82 valence electrons. The molecule has 2 heteroatoms. The molecule has 1 heterocycles. The van der Waals surface area contributed by atoms with Crippen molar-refractivity contribution in [3.05, 3.63) is 0 Å². The van der Waals surface area contributed by atoms with Crippen LogP contribution in [0.5, 0.6) is 0 Å². The van der Waals surface area contributed by atoms with Crippen molar-refractivity contribution in [2.45, 2.75) is 57.7 Å². The van der Waals surface area contributed by atoms with E-state index in [1.165, 1.54) is 19.3 Å². The fourth-order valence-electron chi connectivity index (χ4n) is 3.53. The maximum Gasteiger partial charge on any atom is 0.0814 e. The van der Waals surface area contributed by atoms with E-state index in [9.17, 15) is 0 Å². The first-order valence-electron chi connectivity index (χ1n) is 5.92. The van der Waals surface area contributed by atoms with Crippen LogP contribution in [-0.4, -0.2) is 23.4 Å². The van der Waals surface area contributed by atoms with Gasteiger partial charge in [0.2, 0.25) is 0 Å². The molecule has 2 aliphatic rings. The van der Waals surface area contributed by atoms with Crippen LogP contribution < -0.4 is 0 Å². The number of rotatable bonds is 1. The number of ether oxygens (including phenoxy) is 1. The summed E-state index contributed by atoms with van der Waals surface area (Å²) in [6.07, 6.45) is 6.08. The third kappa shape index (κ3) is 1.96. The van der Waals surface area contributed by atoms with Crippen molar-refractivity contribution in [1.29, 1.82) is 0 Å². The van der Waals surface area contributed by atoms with E-state index in [0.29, 0.717) is 0 Å². The Morgan fingerprint density at radius 1 is 1.29 bits per heavy atom. The molecule has 4 atom stereocenters. The molecule has 2 rings (SSSR count). The Balaban J connectivity index is 2.01. The highest BCUT2D eigenvalue weighted by Crippen LogP contribution is 2.45. The first-order chi connectivity index (χ1) is 6.63. The highest BCUT2D eigenvalue weighted by molar-refractivity contribution is 4.94. The van der Waals surface area contributed by atoms with Gasteiger partial charge in [0, 0.05) is 0 Å². The van der Waals surface area contributed by atoms with Crippen LogP contribution in [0.25, 0.3) is 0 Å². The first kappa shape index (κ1) is 10.4. The lowest BCUT2D eigenvalue weighted by Crippen LogP contribution is -2.38. The second kappa shape index (κ2) is 3.82. The fourth-order valence-corrected chi connectivity index (χ4v) is 3.53. The van der Waals surface area contributed by atoms with Gasteiger partial charge in [0.05, 0.1) is 18.3 Å². The lowest BCUT2D eigenvalue weighted by atomic mass is 9.72. The second-order valence-electron chi connectivity index (χ2n) is 5.50. The highest BCUT2D eigenvalue weighted by Gasteiger charge is 2.44. The van der Waals surface area contributed by atoms with Crippen LogP contribution in [0.3, 0.4) is 0 Å². The maximum absolute atomic E-state index is 9.09. The SMILES string of the molecule is C[C@@H]1C[C@H](C)CC2(CC[C@H](CO)O2)C1. The average Bonchev–Trinajstić information content (AvgIpc) is 2.46. The molecular weight excluding hydrogens is 176 g/mol. The summed E-state index contributed by atoms with van der Waals surface area (Å²) in [6.45, 7) is 4.85. The van der Waals surface area contributed by atoms with E-state index in [1.807, 2.05) is 0 Å². The third-order valence-electron chi connectivity index (χ3n) is 3.79. The standard InChI is InChI=1S/C12H22O2/c1-9-5-10(2)7-12(6-9)4-3-11(8-13)14-12/h9-11,13H,3-8H2,1-2H3/t9-,10+,11-,12?/m1/s1. The van der Waals surface area contributed by atoms with Gasteiger partial charge in [-0.2, -0.15) is 0 Å². The Bertz CT molecular complexity index is 192. The molecule has 1 aliphatic carbocycles. The van der Waals surface area contributed by atoms with Crippen LogP contribution in [0.15, 0.2) is 0 Å². The van der Waals surface area contributed by atoms with Crippen LogP contribution >= 0.6 is 0 Å². The van der Waals surface area contributed by atoms with Crippen molar-refractivity contribution in [3.8, 4) is 0 Å². The van der Waals surface area contributed by atoms with Gasteiger partial charge in [-0.3, -0.25) is 0 Å². The maximum atomic E-state index is 9.09. The van der Waals surface area contributed by atoms with Crippen LogP contribution in [0, 0.1) is 11.8 Å². The molecule has 0 aromatic carbocycles. The molecule has 1 unspecified atom stereocenters. The van der Waals surface area contributed by atoms with Gasteiger partial charge in [-0.1, -0.05) is 13.8 Å². The molecular formula is C12H22O2.